The van der Waals surface area contributed by atoms with Gasteiger partial charge in [-0.1, -0.05) is 0 Å². The van der Waals surface area contributed by atoms with Crippen molar-refractivity contribution in [2.75, 3.05) is 5.32 Å². The number of halogens is 1. The van der Waals surface area contributed by atoms with Crippen LogP contribution in [0.2, 0.25) is 0 Å². The highest BCUT2D eigenvalue weighted by atomic mass is 19.1. The highest BCUT2D eigenvalue weighted by Crippen LogP contribution is 2.29. The molecule has 30 heavy (non-hydrogen) atoms. The standard InChI is InChI=1S/C21H22FN7O/c1-12(30)26-14-2-4-15(5-3-14)27-21-25-10-17-16(9-24-19(17)28-21)13-8-18(22)20-23-6-7-29(20)11-13/h6-11,14-15H,2-5H2,1H3,(H,26,30)(H2,24,25,27,28)/t14-,15+. The monoisotopic (exact) mass is 407 g/mol. The topological polar surface area (TPSA) is 100 Å². The van der Waals surface area contributed by atoms with Crippen LogP contribution in [0.25, 0.3) is 27.8 Å². The van der Waals surface area contributed by atoms with Gasteiger partial charge in [-0.15, -0.1) is 0 Å². The van der Waals surface area contributed by atoms with Crippen LogP contribution in [0.4, 0.5) is 10.3 Å². The fraction of sp³-hybridized carbons (Fsp3) is 0.333. The lowest BCUT2D eigenvalue weighted by molar-refractivity contribution is -0.119. The van der Waals surface area contributed by atoms with Crippen LogP contribution < -0.4 is 10.6 Å². The predicted octanol–water partition coefficient (Wildman–Crippen LogP) is 3.27. The average Bonchev–Trinajstić information content (AvgIpc) is 3.36. The van der Waals surface area contributed by atoms with Crippen LogP contribution in [0.3, 0.4) is 0 Å². The summed E-state index contributed by atoms with van der Waals surface area (Å²) in [5.74, 6) is 0.214. The molecule has 154 valence electrons. The van der Waals surface area contributed by atoms with Gasteiger partial charge in [-0.2, -0.15) is 4.98 Å². The van der Waals surface area contributed by atoms with Crippen molar-refractivity contribution in [3.63, 3.8) is 0 Å². The molecule has 9 heteroatoms. The lowest BCUT2D eigenvalue weighted by Crippen LogP contribution is -2.39. The first kappa shape index (κ1) is 18.5. The zero-order chi connectivity index (χ0) is 20.7. The highest BCUT2D eigenvalue weighted by molar-refractivity contribution is 5.93. The molecule has 0 radical (unpaired) electrons. The second-order valence-electron chi connectivity index (χ2n) is 7.79. The fourth-order valence-electron chi connectivity index (χ4n) is 4.21. The molecule has 0 aromatic carbocycles. The first-order valence-corrected chi connectivity index (χ1v) is 10.1. The van der Waals surface area contributed by atoms with Crippen LogP contribution in [-0.2, 0) is 4.79 Å². The Morgan fingerprint density at radius 1 is 1.23 bits per heavy atom. The van der Waals surface area contributed by atoms with E-state index in [0.29, 0.717) is 17.2 Å². The summed E-state index contributed by atoms with van der Waals surface area (Å²) < 4.78 is 16.0. The smallest absolute Gasteiger partial charge is 0.224 e. The zero-order valence-electron chi connectivity index (χ0n) is 16.5. The van der Waals surface area contributed by atoms with Gasteiger partial charge in [0.1, 0.15) is 5.65 Å². The van der Waals surface area contributed by atoms with E-state index in [0.717, 1.165) is 42.2 Å². The molecule has 0 unspecified atom stereocenters. The Hall–Kier alpha value is -3.49. The number of carbonyl (C=O) groups is 1. The molecule has 4 aromatic rings. The SMILES string of the molecule is CC(=O)N[C@H]1CC[C@@H](Nc2ncc3c(-c4cc(F)c5nccn5c4)c[nH]c3n2)CC1. The quantitative estimate of drug-likeness (QED) is 0.482. The molecule has 5 rings (SSSR count). The molecule has 4 heterocycles. The lowest BCUT2D eigenvalue weighted by Gasteiger charge is -2.29. The highest BCUT2D eigenvalue weighted by Gasteiger charge is 2.22. The molecule has 0 spiro atoms. The number of hydrogen-bond donors (Lipinski definition) is 3. The van der Waals surface area contributed by atoms with E-state index in [4.69, 9.17) is 0 Å². The number of imidazole rings is 1. The molecule has 1 aliphatic carbocycles. The maximum Gasteiger partial charge on any atom is 0.224 e. The Balaban J connectivity index is 1.34. The average molecular weight is 407 g/mol. The summed E-state index contributed by atoms with van der Waals surface area (Å²) in [7, 11) is 0. The molecule has 1 saturated carbocycles. The number of aromatic amines is 1. The van der Waals surface area contributed by atoms with Crippen molar-refractivity contribution in [3.05, 3.63) is 42.9 Å². The van der Waals surface area contributed by atoms with E-state index in [2.05, 4.69) is 30.6 Å². The van der Waals surface area contributed by atoms with E-state index >= 15 is 0 Å². The number of anilines is 1. The first-order valence-electron chi connectivity index (χ1n) is 10.1. The Morgan fingerprint density at radius 3 is 2.83 bits per heavy atom. The number of amides is 1. The summed E-state index contributed by atoms with van der Waals surface area (Å²) in [5.41, 5.74) is 2.56. The number of hydrogen-bond acceptors (Lipinski definition) is 5. The van der Waals surface area contributed by atoms with Crippen molar-refractivity contribution < 1.29 is 9.18 Å². The van der Waals surface area contributed by atoms with E-state index in [9.17, 15) is 9.18 Å². The molecule has 1 fully saturated rings. The largest absolute Gasteiger partial charge is 0.354 e. The van der Waals surface area contributed by atoms with E-state index in [1.807, 2.05) is 12.4 Å². The minimum atomic E-state index is -0.374. The normalized spacial score (nSPS) is 19.3. The first-order chi connectivity index (χ1) is 14.6. The third kappa shape index (κ3) is 3.47. The van der Waals surface area contributed by atoms with Crippen LogP contribution in [0.5, 0.6) is 0 Å². The summed E-state index contributed by atoms with van der Waals surface area (Å²) in [6, 6.07) is 2.01. The van der Waals surface area contributed by atoms with Gasteiger partial charge in [0, 0.05) is 66.5 Å². The summed E-state index contributed by atoms with van der Waals surface area (Å²) >= 11 is 0. The van der Waals surface area contributed by atoms with Crippen molar-refractivity contribution in [3.8, 4) is 11.1 Å². The third-order valence-corrected chi connectivity index (χ3v) is 5.65. The van der Waals surface area contributed by atoms with E-state index < -0.39 is 0 Å². The summed E-state index contributed by atoms with van der Waals surface area (Å²) in [4.78, 5) is 27.5. The Morgan fingerprint density at radius 2 is 2.03 bits per heavy atom. The number of carbonyl (C=O) groups excluding carboxylic acids is 1. The third-order valence-electron chi connectivity index (χ3n) is 5.65. The summed E-state index contributed by atoms with van der Waals surface area (Å²) in [5, 5.41) is 7.21. The van der Waals surface area contributed by atoms with Crippen LogP contribution >= 0.6 is 0 Å². The number of nitrogens with one attached hydrogen (secondary N) is 3. The Bertz CT molecular complexity index is 1220. The van der Waals surface area contributed by atoms with Gasteiger partial charge >= 0.3 is 0 Å². The van der Waals surface area contributed by atoms with Gasteiger partial charge in [0.2, 0.25) is 11.9 Å². The lowest BCUT2D eigenvalue weighted by atomic mass is 9.91. The van der Waals surface area contributed by atoms with E-state index in [-0.39, 0.29) is 23.8 Å². The Kier molecular flexibility index (Phi) is 4.57. The number of fused-ring (bicyclic) bond motifs is 2. The van der Waals surface area contributed by atoms with Crippen molar-refractivity contribution in [2.45, 2.75) is 44.7 Å². The van der Waals surface area contributed by atoms with Crippen LogP contribution in [0, 0.1) is 5.82 Å². The van der Waals surface area contributed by atoms with Crippen molar-refractivity contribution in [1.29, 1.82) is 0 Å². The molecule has 0 bridgehead atoms. The molecule has 0 saturated heterocycles. The van der Waals surface area contributed by atoms with Crippen molar-refractivity contribution >= 4 is 28.5 Å². The van der Waals surface area contributed by atoms with Gasteiger partial charge in [-0.3, -0.25) is 4.79 Å². The number of rotatable bonds is 4. The number of nitrogens with zero attached hydrogens (tertiary/aromatic N) is 4. The maximum absolute atomic E-state index is 14.3. The predicted molar refractivity (Wildman–Crippen MR) is 112 cm³/mol. The van der Waals surface area contributed by atoms with Gasteiger partial charge in [0.25, 0.3) is 0 Å². The molecule has 3 N–H and O–H groups in total. The summed E-state index contributed by atoms with van der Waals surface area (Å²) in [6.07, 6.45) is 12.5. The van der Waals surface area contributed by atoms with Crippen molar-refractivity contribution in [1.82, 2.24) is 29.7 Å². The van der Waals surface area contributed by atoms with E-state index in [1.165, 1.54) is 6.07 Å². The molecule has 0 aliphatic heterocycles. The van der Waals surface area contributed by atoms with Crippen LogP contribution in [0.1, 0.15) is 32.6 Å². The molecule has 1 aliphatic rings. The van der Waals surface area contributed by atoms with Gasteiger partial charge in [-0.05, 0) is 31.7 Å². The van der Waals surface area contributed by atoms with Crippen LogP contribution in [0.15, 0.2) is 37.1 Å². The zero-order valence-corrected chi connectivity index (χ0v) is 16.5. The second kappa shape index (κ2) is 7.40. The molecular weight excluding hydrogens is 385 g/mol. The maximum atomic E-state index is 14.3. The van der Waals surface area contributed by atoms with Gasteiger partial charge in [0.15, 0.2) is 11.5 Å². The van der Waals surface area contributed by atoms with E-state index in [1.54, 1.807) is 29.9 Å². The van der Waals surface area contributed by atoms with Gasteiger partial charge < -0.3 is 20.0 Å². The number of aromatic nitrogens is 5. The van der Waals surface area contributed by atoms with Gasteiger partial charge in [-0.25, -0.2) is 14.4 Å². The van der Waals surface area contributed by atoms with Gasteiger partial charge in [0.05, 0.1) is 0 Å². The molecule has 1 amide bonds. The minimum Gasteiger partial charge on any atom is -0.354 e. The fourth-order valence-corrected chi connectivity index (χ4v) is 4.21. The van der Waals surface area contributed by atoms with Crippen molar-refractivity contribution in [2.24, 2.45) is 0 Å². The van der Waals surface area contributed by atoms with Crippen LogP contribution in [-0.4, -0.2) is 42.3 Å². The summed E-state index contributed by atoms with van der Waals surface area (Å²) in [6.45, 7) is 1.56. The molecule has 4 aromatic heterocycles. The Labute approximate surface area is 171 Å². The number of H-pyrrole nitrogens is 1. The molecule has 8 nitrogen and oxygen atoms in total. The molecule has 0 atom stereocenters. The molecular formula is C21H22FN7O. The second-order valence-corrected chi connectivity index (χ2v) is 7.79. The number of pyridine rings is 1. The minimum absolute atomic E-state index is 0.0230.